The van der Waals surface area contributed by atoms with Gasteiger partial charge in [-0.2, -0.15) is 0 Å². The van der Waals surface area contributed by atoms with Crippen molar-refractivity contribution in [3.05, 3.63) is 34.2 Å². The second kappa shape index (κ2) is 4.56. The first kappa shape index (κ1) is 13.3. The van der Waals surface area contributed by atoms with E-state index >= 15 is 0 Å². The van der Waals surface area contributed by atoms with Crippen LogP contribution in [0.3, 0.4) is 0 Å². The lowest BCUT2D eigenvalue weighted by molar-refractivity contribution is -0.135. The second-order valence-corrected chi connectivity index (χ2v) is 6.16. The van der Waals surface area contributed by atoms with Crippen molar-refractivity contribution in [1.29, 1.82) is 0 Å². The van der Waals surface area contributed by atoms with Crippen LogP contribution < -0.4 is 11.0 Å². The molecule has 2 aromatic rings. The molecule has 2 amide bonds. The lowest BCUT2D eigenvalue weighted by Crippen LogP contribution is -2.44. The lowest BCUT2D eigenvalue weighted by atomic mass is 10.1. The van der Waals surface area contributed by atoms with Gasteiger partial charge in [0.05, 0.1) is 11.0 Å². The van der Waals surface area contributed by atoms with Gasteiger partial charge in [0, 0.05) is 12.5 Å². The summed E-state index contributed by atoms with van der Waals surface area (Å²) in [5.74, 6) is -0.647. The fraction of sp³-hybridized carbons (Fsp3) is 0.438. The highest BCUT2D eigenvalue weighted by atomic mass is 16.2. The minimum absolute atomic E-state index is 0.138. The third-order valence-corrected chi connectivity index (χ3v) is 4.56. The predicted octanol–water partition coefficient (Wildman–Crippen LogP) is 1.42. The Balaban J connectivity index is 1.96. The van der Waals surface area contributed by atoms with Gasteiger partial charge in [0.2, 0.25) is 11.8 Å². The molecule has 4 rings (SSSR count). The molecule has 1 aliphatic carbocycles. The molecule has 1 atom stereocenters. The first-order chi connectivity index (χ1) is 10.6. The summed E-state index contributed by atoms with van der Waals surface area (Å²) in [7, 11) is 0. The van der Waals surface area contributed by atoms with Crippen molar-refractivity contribution >= 4 is 22.8 Å². The van der Waals surface area contributed by atoms with Gasteiger partial charge in [-0.1, -0.05) is 12.1 Å². The molecule has 1 saturated heterocycles. The van der Waals surface area contributed by atoms with Crippen molar-refractivity contribution in [3.8, 4) is 0 Å². The fourth-order valence-electron chi connectivity index (χ4n) is 3.37. The molecule has 1 aromatic heterocycles. The molecule has 2 aliphatic rings. The predicted molar refractivity (Wildman–Crippen MR) is 80.6 cm³/mol. The molecule has 6 nitrogen and oxygen atoms in total. The number of fused-ring (bicyclic) bond motifs is 1. The van der Waals surface area contributed by atoms with E-state index in [9.17, 15) is 14.4 Å². The molecule has 6 heteroatoms. The van der Waals surface area contributed by atoms with Crippen molar-refractivity contribution in [2.75, 3.05) is 0 Å². The van der Waals surface area contributed by atoms with Gasteiger partial charge < -0.3 is 0 Å². The first-order valence-corrected chi connectivity index (χ1v) is 7.63. The molecule has 1 N–H and O–H groups in total. The molecule has 0 spiro atoms. The topological polar surface area (TPSA) is 73.1 Å². The Kier molecular flexibility index (Phi) is 2.76. The molecule has 1 saturated carbocycles. The maximum atomic E-state index is 12.9. The van der Waals surface area contributed by atoms with E-state index in [0.717, 1.165) is 29.4 Å². The zero-order valence-electron chi connectivity index (χ0n) is 12.3. The van der Waals surface area contributed by atoms with Crippen LogP contribution in [0.15, 0.2) is 23.0 Å². The van der Waals surface area contributed by atoms with Crippen LogP contribution in [-0.4, -0.2) is 20.9 Å². The van der Waals surface area contributed by atoms with Gasteiger partial charge in [0.15, 0.2) is 0 Å². The van der Waals surface area contributed by atoms with Crippen molar-refractivity contribution < 1.29 is 9.59 Å². The Morgan fingerprint density at radius 1 is 1.09 bits per heavy atom. The van der Waals surface area contributed by atoms with Crippen LogP contribution in [0.1, 0.15) is 43.3 Å². The van der Waals surface area contributed by atoms with E-state index in [1.807, 2.05) is 29.7 Å². The molecule has 1 unspecified atom stereocenters. The van der Waals surface area contributed by atoms with Crippen LogP contribution in [0.4, 0.5) is 0 Å². The number of hydrogen-bond acceptors (Lipinski definition) is 3. The summed E-state index contributed by atoms with van der Waals surface area (Å²) in [6.07, 6.45) is 2.65. The van der Waals surface area contributed by atoms with Crippen LogP contribution in [0, 0.1) is 6.92 Å². The van der Waals surface area contributed by atoms with E-state index in [2.05, 4.69) is 5.32 Å². The van der Waals surface area contributed by atoms with Crippen LogP contribution in [-0.2, 0) is 9.59 Å². The van der Waals surface area contributed by atoms with Crippen molar-refractivity contribution in [2.24, 2.45) is 0 Å². The fourth-order valence-corrected chi connectivity index (χ4v) is 3.37. The van der Waals surface area contributed by atoms with E-state index in [1.165, 1.54) is 0 Å². The molecular formula is C16H17N3O3. The lowest BCUT2D eigenvalue weighted by Gasteiger charge is -2.21. The Morgan fingerprint density at radius 3 is 2.55 bits per heavy atom. The number of carbonyl (C=O) groups excluding carboxylic acids is 2. The Bertz CT molecular complexity index is 857. The summed E-state index contributed by atoms with van der Waals surface area (Å²) in [6, 6.07) is 5.40. The highest BCUT2D eigenvalue weighted by Gasteiger charge is 2.35. The maximum absolute atomic E-state index is 12.9. The largest absolute Gasteiger partial charge is 0.330 e. The monoisotopic (exact) mass is 299 g/mol. The number of imide groups is 1. The average Bonchev–Trinajstić information content (AvgIpc) is 3.25. The van der Waals surface area contributed by atoms with E-state index in [0.29, 0.717) is 6.42 Å². The highest BCUT2D eigenvalue weighted by Crippen LogP contribution is 2.37. The summed E-state index contributed by atoms with van der Waals surface area (Å²) in [5.41, 5.74) is 2.60. The van der Waals surface area contributed by atoms with E-state index in [1.54, 1.807) is 4.57 Å². The Hall–Kier alpha value is -2.37. The molecule has 2 fully saturated rings. The maximum Gasteiger partial charge on any atom is 0.330 e. The Labute approximate surface area is 126 Å². The quantitative estimate of drug-likeness (QED) is 0.852. The molecule has 0 radical (unpaired) electrons. The SMILES string of the molecule is Cc1cccc2c1n(C1CC1)c(=O)n2C1CCC(=O)NC1=O. The third-order valence-electron chi connectivity index (χ3n) is 4.56. The van der Waals surface area contributed by atoms with Gasteiger partial charge in [-0.05, 0) is 37.8 Å². The molecule has 22 heavy (non-hydrogen) atoms. The second-order valence-electron chi connectivity index (χ2n) is 6.16. The number of para-hydroxylation sites is 1. The third kappa shape index (κ3) is 1.83. The van der Waals surface area contributed by atoms with Crippen LogP contribution in [0.2, 0.25) is 0 Å². The van der Waals surface area contributed by atoms with Crippen LogP contribution in [0.5, 0.6) is 0 Å². The van der Waals surface area contributed by atoms with Gasteiger partial charge in [-0.15, -0.1) is 0 Å². The minimum atomic E-state index is -0.602. The number of aryl methyl sites for hydroxylation is 1. The number of nitrogens with zero attached hydrogens (tertiary/aromatic N) is 2. The molecule has 1 aliphatic heterocycles. The zero-order valence-corrected chi connectivity index (χ0v) is 12.3. The van der Waals surface area contributed by atoms with Crippen molar-refractivity contribution in [1.82, 2.24) is 14.5 Å². The average molecular weight is 299 g/mol. The number of piperidine rings is 1. The van der Waals surface area contributed by atoms with Crippen LogP contribution in [0.25, 0.3) is 11.0 Å². The summed E-state index contributed by atoms with van der Waals surface area (Å²) >= 11 is 0. The highest BCUT2D eigenvalue weighted by molar-refractivity contribution is 6.00. The summed E-state index contributed by atoms with van der Waals surface area (Å²) in [4.78, 5) is 36.4. The summed E-state index contributed by atoms with van der Waals surface area (Å²) < 4.78 is 3.40. The first-order valence-electron chi connectivity index (χ1n) is 7.63. The number of nitrogens with one attached hydrogen (secondary N) is 1. The number of rotatable bonds is 2. The number of aromatic nitrogens is 2. The van der Waals surface area contributed by atoms with Crippen molar-refractivity contribution in [2.45, 2.75) is 44.7 Å². The van der Waals surface area contributed by atoms with Gasteiger partial charge in [-0.25, -0.2) is 4.79 Å². The van der Waals surface area contributed by atoms with Gasteiger partial charge in [0.1, 0.15) is 6.04 Å². The number of hydrogen-bond donors (Lipinski definition) is 1. The van der Waals surface area contributed by atoms with Gasteiger partial charge in [-0.3, -0.25) is 24.0 Å². The van der Waals surface area contributed by atoms with E-state index in [4.69, 9.17) is 0 Å². The Morgan fingerprint density at radius 2 is 1.86 bits per heavy atom. The number of carbonyl (C=O) groups is 2. The van der Waals surface area contributed by atoms with E-state index in [-0.39, 0.29) is 30.0 Å². The number of imidazole rings is 1. The molecule has 0 bridgehead atoms. The smallest absolute Gasteiger partial charge is 0.295 e. The number of amides is 2. The zero-order chi connectivity index (χ0) is 15.4. The van der Waals surface area contributed by atoms with Crippen LogP contribution >= 0.6 is 0 Å². The summed E-state index contributed by atoms with van der Waals surface area (Å²) in [5, 5.41) is 2.34. The molecule has 114 valence electrons. The van der Waals surface area contributed by atoms with Crippen molar-refractivity contribution in [3.63, 3.8) is 0 Å². The molecule has 1 aromatic carbocycles. The standard InChI is InChI=1S/C16H17N3O3/c1-9-3-2-4-11-14(9)18(10-5-6-10)16(22)19(11)12-7-8-13(20)17-15(12)21/h2-4,10,12H,5-8H2,1H3,(H,17,20,21). The van der Waals surface area contributed by atoms with Gasteiger partial charge >= 0.3 is 5.69 Å². The molecular weight excluding hydrogens is 282 g/mol. The number of benzene rings is 1. The van der Waals surface area contributed by atoms with Gasteiger partial charge in [0.25, 0.3) is 0 Å². The molecule has 2 heterocycles. The minimum Gasteiger partial charge on any atom is -0.295 e. The summed E-state index contributed by atoms with van der Waals surface area (Å²) in [6.45, 7) is 1.98. The normalized spacial score (nSPS) is 22.1. The van der Waals surface area contributed by atoms with E-state index < -0.39 is 6.04 Å².